The molecule has 1 aliphatic rings. The van der Waals surface area contributed by atoms with Crippen LogP contribution in [0.1, 0.15) is 50.6 Å². The van der Waals surface area contributed by atoms with E-state index in [-0.39, 0.29) is 6.04 Å². The Morgan fingerprint density at radius 1 is 1.47 bits per heavy atom. The zero-order chi connectivity index (χ0) is 13.8. The maximum atomic E-state index is 6.23. The number of benzene rings is 1. The maximum Gasteiger partial charge on any atom is 0.0542 e. The van der Waals surface area contributed by atoms with Crippen LogP contribution >= 0.6 is 34.2 Å². The lowest BCUT2D eigenvalue weighted by molar-refractivity contribution is 0.210. The first-order chi connectivity index (χ1) is 9.15. The Labute approximate surface area is 134 Å². The van der Waals surface area contributed by atoms with E-state index in [9.17, 15) is 0 Å². The number of hydrazine groups is 1. The molecule has 0 amide bonds. The molecule has 3 unspecified atom stereocenters. The Bertz CT molecular complexity index is 425. The summed E-state index contributed by atoms with van der Waals surface area (Å²) in [6.07, 6.45) is 6.50. The zero-order valence-corrected chi connectivity index (χ0v) is 14.2. The number of rotatable bonds is 4. The molecule has 3 N–H and O–H groups in total. The average Bonchev–Trinajstić information content (AvgIpc) is 2.44. The van der Waals surface area contributed by atoms with Gasteiger partial charge in [0.05, 0.1) is 5.02 Å². The SMILES string of the molecule is CCC1CCCC(C(NN)c2ccc(I)c(Cl)c2)C1. The van der Waals surface area contributed by atoms with Crippen molar-refractivity contribution in [3.63, 3.8) is 0 Å². The van der Waals surface area contributed by atoms with E-state index >= 15 is 0 Å². The van der Waals surface area contributed by atoms with Gasteiger partial charge in [-0.05, 0) is 65.0 Å². The third kappa shape index (κ3) is 3.84. The van der Waals surface area contributed by atoms with E-state index in [0.29, 0.717) is 5.92 Å². The van der Waals surface area contributed by atoms with Crippen molar-refractivity contribution in [1.29, 1.82) is 0 Å². The van der Waals surface area contributed by atoms with E-state index in [1.165, 1.54) is 37.7 Å². The molecule has 0 spiro atoms. The Morgan fingerprint density at radius 3 is 2.89 bits per heavy atom. The van der Waals surface area contributed by atoms with Crippen LogP contribution < -0.4 is 11.3 Å². The summed E-state index contributed by atoms with van der Waals surface area (Å²) in [6.45, 7) is 2.29. The zero-order valence-electron chi connectivity index (χ0n) is 11.3. The van der Waals surface area contributed by atoms with Crippen LogP contribution in [0.15, 0.2) is 18.2 Å². The second kappa shape index (κ2) is 7.25. The number of halogens is 2. The highest BCUT2D eigenvalue weighted by molar-refractivity contribution is 14.1. The molecular weight excluding hydrogens is 371 g/mol. The van der Waals surface area contributed by atoms with Gasteiger partial charge < -0.3 is 0 Å². The summed E-state index contributed by atoms with van der Waals surface area (Å²) in [5.41, 5.74) is 4.24. The number of nitrogens with two attached hydrogens (primary N) is 1. The normalized spacial score (nSPS) is 25.3. The molecular formula is C15H22ClIN2. The van der Waals surface area contributed by atoms with Crippen LogP contribution in [0.5, 0.6) is 0 Å². The summed E-state index contributed by atoms with van der Waals surface area (Å²) in [7, 11) is 0. The van der Waals surface area contributed by atoms with Gasteiger partial charge in [0.25, 0.3) is 0 Å². The fraction of sp³-hybridized carbons (Fsp3) is 0.600. The van der Waals surface area contributed by atoms with Gasteiger partial charge >= 0.3 is 0 Å². The summed E-state index contributed by atoms with van der Waals surface area (Å²) in [4.78, 5) is 0. The quantitative estimate of drug-likeness (QED) is 0.444. The first-order valence-electron chi connectivity index (χ1n) is 7.06. The predicted octanol–water partition coefficient (Wildman–Crippen LogP) is 4.67. The number of hydrogen-bond acceptors (Lipinski definition) is 2. The van der Waals surface area contributed by atoms with E-state index in [1.807, 2.05) is 0 Å². The van der Waals surface area contributed by atoms with Gasteiger partial charge in [0.2, 0.25) is 0 Å². The second-order valence-corrected chi connectivity index (χ2v) is 7.09. The van der Waals surface area contributed by atoms with Crippen molar-refractivity contribution in [2.45, 2.75) is 45.1 Å². The Kier molecular flexibility index (Phi) is 5.93. The lowest BCUT2D eigenvalue weighted by Crippen LogP contribution is -2.35. The number of hydrogen-bond donors (Lipinski definition) is 2. The van der Waals surface area contributed by atoms with Crippen molar-refractivity contribution in [3.8, 4) is 0 Å². The highest BCUT2D eigenvalue weighted by Gasteiger charge is 2.28. The molecule has 1 aromatic carbocycles. The molecule has 2 rings (SSSR count). The van der Waals surface area contributed by atoms with Gasteiger partial charge in [0, 0.05) is 9.61 Å². The van der Waals surface area contributed by atoms with Gasteiger partial charge in [0.1, 0.15) is 0 Å². The monoisotopic (exact) mass is 392 g/mol. The van der Waals surface area contributed by atoms with Crippen molar-refractivity contribution in [3.05, 3.63) is 32.4 Å². The lowest BCUT2D eigenvalue weighted by atomic mass is 9.75. The van der Waals surface area contributed by atoms with Crippen LogP contribution in [-0.4, -0.2) is 0 Å². The van der Waals surface area contributed by atoms with Gasteiger partial charge in [-0.3, -0.25) is 11.3 Å². The van der Waals surface area contributed by atoms with Crippen molar-refractivity contribution in [2.24, 2.45) is 17.7 Å². The number of nitrogens with one attached hydrogen (secondary N) is 1. The summed E-state index contributed by atoms with van der Waals surface area (Å²) >= 11 is 8.49. The fourth-order valence-corrected chi connectivity index (χ4v) is 3.74. The molecule has 3 atom stereocenters. The third-order valence-electron chi connectivity index (χ3n) is 4.35. The molecule has 0 saturated heterocycles. The molecule has 1 aliphatic carbocycles. The molecule has 2 nitrogen and oxygen atoms in total. The molecule has 0 bridgehead atoms. The molecule has 1 saturated carbocycles. The van der Waals surface area contributed by atoms with Gasteiger partial charge in [-0.15, -0.1) is 0 Å². The standard InChI is InChI=1S/C15H22ClIN2/c1-2-10-4-3-5-11(8-10)15(19-18)12-6-7-14(17)13(16)9-12/h6-7,9-11,15,19H,2-5,8,18H2,1H3. The summed E-state index contributed by atoms with van der Waals surface area (Å²) in [6, 6.07) is 6.50. The van der Waals surface area contributed by atoms with Crippen LogP contribution in [0.3, 0.4) is 0 Å². The highest BCUT2D eigenvalue weighted by Crippen LogP contribution is 2.38. The maximum absolute atomic E-state index is 6.23. The Balaban J connectivity index is 2.16. The largest absolute Gasteiger partial charge is 0.271 e. The third-order valence-corrected chi connectivity index (χ3v) is 5.93. The Morgan fingerprint density at radius 2 is 2.26 bits per heavy atom. The van der Waals surface area contributed by atoms with Crippen LogP contribution in [0.2, 0.25) is 5.02 Å². The predicted molar refractivity (Wildman–Crippen MR) is 90.0 cm³/mol. The van der Waals surface area contributed by atoms with Crippen LogP contribution in [0.25, 0.3) is 0 Å². The second-order valence-electron chi connectivity index (χ2n) is 5.52. The molecule has 0 aromatic heterocycles. The van der Waals surface area contributed by atoms with Gasteiger partial charge in [-0.2, -0.15) is 0 Å². The van der Waals surface area contributed by atoms with E-state index in [0.717, 1.165) is 14.5 Å². The van der Waals surface area contributed by atoms with E-state index in [1.54, 1.807) is 0 Å². The molecule has 0 aliphatic heterocycles. The van der Waals surface area contributed by atoms with Crippen molar-refractivity contribution < 1.29 is 0 Å². The minimum atomic E-state index is 0.226. The van der Waals surface area contributed by atoms with Crippen molar-refractivity contribution in [2.75, 3.05) is 0 Å². The lowest BCUT2D eigenvalue weighted by Gasteiger charge is -2.34. The molecule has 4 heteroatoms. The van der Waals surface area contributed by atoms with E-state index in [4.69, 9.17) is 17.4 Å². The molecule has 0 radical (unpaired) electrons. The molecule has 1 fully saturated rings. The smallest absolute Gasteiger partial charge is 0.0542 e. The summed E-state index contributed by atoms with van der Waals surface area (Å²) in [5.74, 6) is 7.30. The van der Waals surface area contributed by atoms with Crippen LogP contribution in [-0.2, 0) is 0 Å². The fourth-order valence-electron chi connectivity index (χ4n) is 3.22. The molecule has 0 heterocycles. The average molecular weight is 393 g/mol. The summed E-state index contributed by atoms with van der Waals surface area (Å²) < 4.78 is 1.09. The Hall–Kier alpha value is 0.160. The first-order valence-corrected chi connectivity index (χ1v) is 8.52. The van der Waals surface area contributed by atoms with Gasteiger partial charge in [-0.1, -0.05) is 43.9 Å². The minimum absolute atomic E-state index is 0.226. The highest BCUT2D eigenvalue weighted by atomic mass is 127. The molecule has 1 aromatic rings. The first kappa shape index (κ1) is 15.5. The van der Waals surface area contributed by atoms with E-state index < -0.39 is 0 Å². The van der Waals surface area contributed by atoms with Crippen LogP contribution in [0.4, 0.5) is 0 Å². The minimum Gasteiger partial charge on any atom is -0.271 e. The van der Waals surface area contributed by atoms with Crippen LogP contribution in [0, 0.1) is 15.4 Å². The molecule has 19 heavy (non-hydrogen) atoms. The topological polar surface area (TPSA) is 38.0 Å². The summed E-state index contributed by atoms with van der Waals surface area (Å²) in [5, 5.41) is 0.821. The molecule has 106 valence electrons. The van der Waals surface area contributed by atoms with E-state index in [2.05, 4.69) is 53.1 Å². The van der Waals surface area contributed by atoms with Crippen molar-refractivity contribution in [1.82, 2.24) is 5.43 Å². The van der Waals surface area contributed by atoms with Gasteiger partial charge in [-0.25, -0.2) is 0 Å². The van der Waals surface area contributed by atoms with Crippen molar-refractivity contribution >= 4 is 34.2 Å². The van der Waals surface area contributed by atoms with Gasteiger partial charge in [0.15, 0.2) is 0 Å².